The molecule has 2 N–H and O–H groups in total. The van der Waals surface area contributed by atoms with Gasteiger partial charge in [0.1, 0.15) is 0 Å². The van der Waals surface area contributed by atoms with Crippen LogP contribution in [-0.4, -0.2) is 55.1 Å². The minimum atomic E-state index is -0.180. The zero-order valence-corrected chi connectivity index (χ0v) is 16.0. The number of hydrogen-bond donors (Lipinski definition) is 2. The molecule has 1 aromatic carbocycles. The highest BCUT2D eigenvalue weighted by molar-refractivity contribution is 6.33. The standard InChI is InChI=1S/C19H27ClN4O2/c1-2-21-19(26)23-12-9-14(10-13-23)22-16-7-5-11-24(18(16)25)17-8-4-3-6-15(17)20/h3-4,6,8,14,16,22H,2,5,7,9-13H2,1H3,(H,21,26). The monoisotopic (exact) mass is 378 g/mol. The maximum Gasteiger partial charge on any atom is 0.317 e. The maximum atomic E-state index is 12.9. The number of urea groups is 1. The molecule has 7 heteroatoms. The van der Waals surface area contributed by atoms with Gasteiger partial charge in [0.2, 0.25) is 5.91 Å². The third-order valence-electron chi connectivity index (χ3n) is 5.13. The average Bonchev–Trinajstić information content (AvgIpc) is 2.65. The van der Waals surface area contributed by atoms with Crippen LogP contribution in [0.5, 0.6) is 0 Å². The first-order valence-electron chi connectivity index (χ1n) is 9.45. The number of carbonyl (C=O) groups excluding carboxylic acids is 2. The Morgan fingerprint density at radius 1 is 1.19 bits per heavy atom. The number of halogens is 1. The fourth-order valence-electron chi connectivity index (χ4n) is 3.74. The van der Waals surface area contributed by atoms with Crippen molar-refractivity contribution in [3.8, 4) is 0 Å². The smallest absolute Gasteiger partial charge is 0.317 e. The Bertz CT molecular complexity index is 646. The molecule has 2 fully saturated rings. The van der Waals surface area contributed by atoms with Crippen molar-refractivity contribution in [3.63, 3.8) is 0 Å². The number of nitrogens with one attached hydrogen (secondary N) is 2. The summed E-state index contributed by atoms with van der Waals surface area (Å²) in [6.07, 6.45) is 3.53. The van der Waals surface area contributed by atoms with E-state index in [0.29, 0.717) is 18.1 Å². The van der Waals surface area contributed by atoms with E-state index in [1.165, 1.54) is 0 Å². The van der Waals surface area contributed by atoms with Crippen LogP contribution in [0.2, 0.25) is 5.02 Å². The van der Waals surface area contributed by atoms with Gasteiger partial charge in [0.25, 0.3) is 0 Å². The van der Waals surface area contributed by atoms with Crippen molar-refractivity contribution in [1.29, 1.82) is 0 Å². The van der Waals surface area contributed by atoms with Crippen LogP contribution in [0.4, 0.5) is 10.5 Å². The van der Waals surface area contributed by atoms with Gasteiger partial charge in [0, 0.05) is 32.2 Å². The van der Waals surface area contributed by atoms with Gasteiger partial charge in [-0.05, 0) is 44.7 Å². The number of para-hydroxylation sites is 1. The largest absolute Gasteiger partial charge is 0.338 e. The van der Waals surface area contributed by atoms with Gasteiger partial charge >= 0.3 is 6.03 Å². The molecule has 1 atom stereocenters. The van der Waals surface area contributed by atoms with Crippen LogP contribution in [0.25, 0.3) is 0 Å². The molecule has 0 saturated carbocycles. The lowest BCUT2D eigenvalue weighted by atomic mass is 9.99. The summed E-state index contributed by atoms with van der Waals surface area (Å²) < 4.78 is 0. The lowest BCUT2D eigenvalue weighted by Gasteiger charge is -2.38. The summed E-state index contributed by atoms with van der Waals surface area (Å²) in [6.45, 7) is 4.71. The first kappa shape index (κ1) is 19.0. The van der Waals surface area contributed by atoms with Crippen LogP contribution in [0.15, 0.2) is 24.3 Å². The van der Waals surface area contributed by atoms with E-state index in [-0.39, 0.29) is 24.0 Å². The number of amides is 3. The lowest BCUT2D eigenvalue weighted by Crippen LogP contribution is -2.56. The van der Waals surface area contributed by atoms with E-state index in [2.05, 4.69) is 10.6 Å². The maximum absolute atomic E-state index is 12.9. The van der Waals surface area contributed by atoms with Crippen molar-refractivity contribution in [2.75, 3.05) is 31.1 Å². The van der Waals surface area contributed by atoms with E-state index < -0.39 is 0 Å². The number of anilines is 1. The van der Waals surface area contributed by atoms with Crippen LogP contribution in [0.1, 0.15) is 32.6 Å². The highest BCUT2D eigenvalue weighted by Crippen LogP contribution is 2.29. The predicted octanol–water partition coefficient (Wildman–Crippen LogP) is 2.62. The Morgan fingerprint density at radius 2 is 1.92 bits per heavy atom. The van der Waals surface area contributed by atoms with Crippen molar-refractivity contribution in [1.82, 2.24) is 15.5 Å². The van der Waals surface area contributed by atoms with Crippen LogP contribution in [-0.2, 0) is 4.79 Å². The molecule has 0 spiro atoms. The first-order chi connectivity index (χ1) is 12.6. The molecule has 2 heterocycles. The summed E-state index contributed by atoms with van der Waals surface area (Å²) in [6, 6.07) is 7.58. The lowest BCUT2D eigenvalue weighted by molar-refractivity contribution is -0.122. The second kappa shape index (κ2) is 8.73. The Kier molecular flexibility index (Phi) is 6.38. The van der Waals surface area contributed by atoms with Gasteiger partial charge < -0.3 is 20.4 Å². The molecule has 1 aromatic rings. The van der Waals surface area contributed by atoms with E-state index in [4.69, 9.17) is 11.6 Å². The molecule has 3 amide bonds. The van der Waals surface area contributed by atoms with Crippen molar-refractivity contribution < 1.29 is 9.59 Å². The van der Waals surface area contributed by atoms with E-state index in [1.807, 2.05) is 36.1 Å². The first-order valence-corrected chi connectivity index (χ1v) is 9.82. The van der Waals surface area contributed by atoms with Gasteiger partial charge in [0.05, 0.1) is 16.8 Å². The molecule has 1 unspecified atom stereocenters. The summed E-state index contributed by atoms with van der Waals surface area (Å²) in [4.78, 5) is 28.5. The summed E-state index contributed by atoms with van der Waals surface area (Å²) >= 11 is 6.28. The molecule has 3 rings (SSSR count). The molecular formula is C19H27ClN4O2. The van der Waals surface area contributed by atoms with Gasteiger partial charge in [-0.25, -0.2) is 4.79 Å². The van der Waals surface area contributed by atoms with Crippen LogP contribution >= 0.6 is 11.6 Å². The Morgan fingerprint density at radius 3 is 2.62 bits per heavy atom. The number of nitrogens with zero attached hydrogens (tertiary/aromatic N) is 2. The van der Waals surface area contributed by atoms with Crippen molar-refractivity contribution >= 4 is 29.2 Å². The molecule has 0 aliphatic carbocycles. The molecule has 0 bridgehead atoms. The number of hydrogen-bond acceptors (Lipinski definition) is 3. The SMILES string of the molecule is CCNC(=O)N1CCC(NC2CCCN(c3ccccc3Cl)C2=O)CC1. The predicted molar refractivity (Wildman–Crippen MR) is 104 cm³/mol. The average molecular weight is 379 g/mol. The summed E-state index contributed by atoms with van der Waals surface area (Å²) in [5.74, 6) is 0.0931. The number of benzene rings is 1. The van der Waals surface area contributed by atoms with Crippen LogP contribution < -0.4 is 15.5 Å². The Labute approximate surface area is 159 Å². The third-order valence-corrected chi connectivity index (χ3v) is 5.45. The van der Waals surface area contributed by atoms with Gasteiger partial charge in [-0.15, -0.1) is 0 Å². The fraction of sp³-hybridized carbons (Fsp3) is 0.579. The topological polar surface area (TPSA) is 64.7 Å². The molecule has 142 valence electrons. The summed E-state index contributed by atoms with van der Waals surface area (Å²) in [7, 11) is 0. The minimum Gasteiger partial charge on any atom is -0.338 e. The zero-order chi connectivity index (χ0) is 18.5. The highest BCUT2D eigenvalue weighted by atomic mass is 35.5. The van der Waals surface area contributed by atoms with Gasteiger partial charge in [-0.2, -0.15) is 0 Å². The van der Waals surface area contributed by atoms with Crippen molar-refractivity contribution in [2.24, 2.45) is 0 Å². The van der Waals surface area contributed by atoms with Crippen LogP contribution in [0, 0.1) is 0 Å². The van der Waals surface area contributed by atoms with E-state index in [9.17, 15) is 9.59 Å². The second-order valence-electron chi connectivity index (χ2n) is 6.90. The summed E-state index contributed by atoms with van der Waals surface area (Å²) in [5, 5.41) is 6.97. The van der Waals surface area contributed by atoms with Gasteiger partial charge in [-0.1, -0.05) is 23.7 Å². The number of carbonyl (C=O) groups is 2. The second-order valence-corrected chi connectivity index (χ2v) is 7.31. The van der Waals surface area contributed by atoms with E-state index in [1.54, 1.807) is 4.90 Å². The fourth-order valence-corrected chi connectivity index (χ4v) is 3.97. The van der Waals surface area contributed by atoms with E-state index in [0.717, 1.165) is 44.5 Å². The Hall–Kier alpha value is -1.79. The summed E-state index contributed by atoms with van der Waals surface area (Å²) in [5.41, 5.74) is 0.789. The minimum absolute atomic E-state index is 0.00425. The van der Waals surface area contributed by atoms with Gasteiger partial charge in [0.15, 0.2) is 0 Å². The molecule has 0 aromatic heterocycles. The number of likely N-dealkylation sites (tertiary alicyclic amines) is 1. The molecule has 6 nitrogen and oxygen atoms in total. The van der Waals surface area contributed by atoms with Crippen molar-refractivity contribution in [2.45, 2.75) is 44.7 Å². The normalized spacial score (nSPS) is 21.8. The van der Waals surface area contributed by atoms with Gasteiger partial charge in [-0.3, -0.25) is 4.79 Å². The third kappa shape index (κ3) is 4.30. The van der Waals surface area contributed by atoms with E-state index >= 15 is 0 Å². The van der Waals surface area contributed by atoms with Crippen LogP contribution in [0.3, 0.4) is 0 Å². The number of rotatable bonds is 4. The molecular weight excluding hydrogens is 352 g/mol. The molecule has 2 aliphatic heterocycles. The zero-order valence-electron chi connectivity index (χ0n) is 15.2. The molecule has 2 saturated heterocycles. The highest BCUT2D eigenvalue weighted by Gasteiger charge is 2.33. The molecule has 26 heavy (non-hydrogen) atoms. The molecule has 0 radical (unpaired) electrons. The van der Waals surface area contributed by atoms with Crippen molar-refractivity contribution in [3.05, 3.63) is 29.3 Å². The number of piperidine rings is 2. The Balaban J connectivity index is 1.56. The quantitative estimate of drug-likeness (QED) is 0.846. The molecule has 2 aliphatic rings.